The summed E-state index contributed by atoms with van der Waals surface area (Å²) in [5.74, 6) is 1.99. The van der Waals surface area contributed by atoms with E-state index in [-0.39, 0.29) is 36.3 Å². The average Bonchev–Trinajstić information content (AvgIpc) is 2.95. The Morgan fingerprint density at radius 2 is 2.03 bits per heavy atom. The number of Topliss-reactive ketones (excluding diaryl/α,β-unsaturated/α-hetero) is 1. The number of hydrogen-bond donors (Lipinski definition) is 1. The molecule has 0 bridgehead atoms. The van der Waals surface area contributed by atoms with Crippen molar-refractivity contribution in [3.63, 3.8) is 0 Å². The number of aromatic nitrogens is 3. The number of halogens is 1. The van der Waals surface area contributed by atoms with Crippen LogP contribution in [0.4, 0.5) is 5.82 Å². The van der Waals surface area contributed by atoms with Gasteiger partial charge < -0.3 is 19.4 Å². The number of ketones is 1. The fourth-order valence-corrected chi connectivity index (χ4v) is 3.25. The van der Waals surface area contributed by atoms with Gasteiger partial charge in [0.25, 0.3) is 0 Å². The van der Waals surface area contributed by atoms with Crippen LogP contribution in [-0.4, -0.2) is 40.6 Å². The summed E-state index contributed by atoms with van der Waals surface area (Å²) in [6, 6.07) is 5.78. The molecule has 0 spiro atoms. The van der Waals surface area contributed by atoms with E-state index in [0.717, 1.165) is 27.9 Å². The number of carbonyl (C=O) groups is 1. The summed E-state index contributed by atoms with van der Waals surface area (Å²) in [7, 11) is 3.58. The number of fused-ring (bicyclic) bond motifs is 1. The molecular weight excluding hydrogens is 483 g/mol. The predicted octanol–water partition coefficient (Wildman–Crippen LogP) is 4.04. The quantitative estimate of drug-likeness (QED) is 0.364. The summed E-state index contributed by atoms with van der Waals surface area (Å²) in [5.41, 5.74) is 3.44. The van der Waals surface area contributed by atoms with Crippen LogP contribution >= 0.6 is 24.0 Å². The van der Waals surface area contributed by atoms with E-state index in [0.29, 0.717) is 30.4 Å². The molecule has 0 unspecified atom stereocenters. The van der Waals surface area contributed by atoms with Crippen molar-refractivity contribution in [2.24, 2.45) is 7.05 Å². The van der Waals surface area contributed by atoms with Crippen molar-refractivity contribution in [2.45, 2.75) is 27.4 Å². The first-order chi connectivity index (χ1) is 13.5. The molecule has 0 aliphatic rings. The fraction of sp³-hybridized carbons (Fsp3) is 0.381. The van der Waals surface area contributed by atoms with Gasteiger partial charge in [-0.3, -0.25) is 4.79 Å². The van der Waals surface area contributed by atoms with Gasteiger partial charge in [-0.25, -0.2) is 9.97 Å². The number of nitrogens with zero attached hydrogens (tertiary/aromatic N) is 3. The lowest BCUT2D eigenvalue weighted by Crippen LogP contribution is -2.17. The van der Waals surface area contributed by atoms with Crippen molar-refractivity contribution in [1.29, 1.82) is 0 Å². The van der Waals surface area contributed by atoms with Gasteiger partial charge in [0, 0.05) is 47.6 Å². The third-order valence-electron chi connectivity index (χ3n) is 4.84. The Hall–Kier alpha value is -2.20. The molecule has 1 aromatic carbocycles. The minimum Gasteiger partial charge on any atom is -0.497 e. The number of anilines is 1. The van der Waals surface area contributed by atoms with Crippen molar-refractivity contribution >= 4 is 46.5 Å². The van der Waals surface area contributed by atoms with E-state index >= 15 is 0 Å². The van der Waals surface area contributed by atoms with E-state index in [1.54, 1.807) is 13.3 Å². The Balaban J connectivity index is 0.00000300. The largest absolute Gasteiger partial charge is 0.497 e. The third kappa shape index (κ3) is 4.87. The minimum atomic E-state index is -0.00465. The van der Waals surface area contributed by atoms with Crippen LogP contribution in [0.2, 0.25) is 0 Å². The maximum absolute atomic E-state index is 13.1. The lowest BCUT2D eigenvalue weighted by Gasteiger charge is -2.11. The normalized spacial score (nSPS) is 10.7. The molecule has 0 radical (unpaired) electrons. The number of carbonyl (C=O) groups excluding carboxylic acids is 1. The highest BCUT2D eigenvalue weighted by atomic mass is 127. The molecule has 1 N–H and O–H groups in total. The third-order valence-corrected chi connectivity index (χ3v) is 4.84. The van der Waals surface area contributed by atoms with Crippen LogP contribution in [0.25, 0.3) is 10.9 Å². The molecule has 0 amide bonds. The fourth-order valence-electron chi connectivity index (χ4n) is 3.25. The molecule has 0 saturated carbocycles. The van der Waals surface area contributed by atoms with Crippen LogP contribution in [0.5, 0.6) is 5.75 Å². The summed E-state index contributed by atoms with van der Waals surface area (Å²) in [4.78, 5) is 21.7. The molecule has 0 atom stereocenters. The molecule has 8 heteroatoms. The Bertz CT molecular complexity index is 1020. The number of benzene rings is 1. The van der Waals surface area contributed by atoms with Gasteiger partial charge in [0.05, 0.1) is 20.3 Å². The highest BCUT2D eigenvalue weighted by Crippen LogP contribution is 2.29. The van der Waals surface area contributed by atoms with E-state index in [9.17, 15) is 4.79 Å². The molecule has 0 fully saturated rings. The second kappa shape index (κ2) is 10.0. The molecule has 156 valence electrons. The van der Waals surface area contributed by atoms with Crippen LogP contribution in [-0.2, 0) is 18.4 Å². The van der Waals surface area contributed by atoms with E-state index in [1.165, 1.54) is 0 Å². The van der Waals surface area contributed by atoms with Gasteiger partial charge in [-0.2, -0.15) is 0 Å². The standard InChI is InChI=1S/C21H26N4O3.HI/c1-6-28-12-15-10-22-14(3)24-21(15)23-11-19(26)20-13(2)25(4)18-8-7-16(27-5)9-17(18)20;/h7-10H,6,11-12H2,1-5H3,(H,22,23,24);1H. The average molecular weight is 510 g/mol. The second-order valence-corrected chi connectivity index (χ2v) is 6.61. The van der Waals surface area contributed by atoms with Gasteiger partial charge in [0.1, 0.15) is 17.4 Å². The lowest BCUT2D eigenvalue weighted by molar-refractivity contribution is 0.101. The highest BCUT2D eigenvalue weighted by Gasteiger charge is 2.19. The first kappa shape index (κ1) is 23.1. The van der Waals surface area contributed by atoms with Gasteiger partial charge in [0.15, 0.2) is 5.78 Å². The van der Waals surface area contributed by atoms with Gasteiger partial charge >= 0.3 is 0 Å². The van der Waals surface area contributed by atoms with Gasteiger partial charge in [-0.15, -0.1) is 24.0 Å². The molecule has 2 heterocycles. The molecule has 0 saturated heterocycles. The molecule has 0 aliphatic carbocycles. The number of hydrogen-bond acceptors (Lipinski definition) is 6. The van der Waals surface area contributed by atoms with Crippen LogP contribution < -0.4 is 10.1 Å². The molecule has 29 heavy (non-hydrogen) atoms. The zero-order chi connectivity index (χ0) is 20.3. The Kier molecular flexibility index (Phi) is 7.97. The molecule has 0 aliphatic heterocycles. The number of aryl methyl sites for hydroxylation is 2. The zero-order valence-electron chi connectivity index (χ0n) is 17.4. The zero-order valence-corrected chi connectivity index (χ0v) is 19.7. The van der Waals surface area contributed by atoms with E-state index in [4.69, 9.17) is 9.47 Å². The van der Waals surface area contributed by atoms with Crippen molar-refractivity contribution in [3.8, 4) is 5.75 Å². The van der Waals surface area contributed by atoms with Gasteiger partial charge in [-0.05, 0) is 39.0 Å². The maximum atomic E-state index is 13.1. The molecule has 3 aromatic rings. The van der Waals surface area contributed by atoms with Crippen LogP contribution in [0, 0.1) is 13.8 Å². The monoisotopic (exact) mass is 510 g/mol. The van der Waals surface area contributed by atoms with E-state index in [1.807, 2.05) is 50.6 Å². The van der Waals surface area contributed by atoms with Crippen molar-refractivity contribution in [1.82, 2.24) is 14.5 Å². The number of ether oxygens (including phenoxy) is 2. The molecule has 3 rings (SSSR count). The van der Waals surface area contributed by atoms with Gasteiger partial charge in [-0.1, -0.05) is 0 Å². The van der Waals surface area contributed by atoms with Crippen molar-refractivity contribution in [2.75, 3.05) is 25.6 Å². The number of methoxy groups -OCH3 is 1. The van der Waals surface area contributed by atoms with Crippen molar-refractivity contribution < 1.29 is 14.3 Å². The summed E-state index contributed by atoms with van der Waals surface area (Å²) in [6.45, 7) is 6.84. The summed E-state index contributed by atoms with van der Waals surface area (Å²) < 4.78 is 12.8. The number of rotatable bonds is 8. The van der Waals surface area contributed by atoms with Gasteiger partial charge in [0.2, 0.25) is 0 Å². The Labute approximate surface area is 187 Å². The smallest absolute Gasteiger partial charge is 0.184 e. The first-order valence-electron chi connectivity index (χ1n) is 9.26. The van der Waals surface area contributed by atoms with Crippen molar-refractivity contribution in [3.05, 3.63) is 47.0 Å². The topological polar surface area (TPSA) is 78.3 Å². The molecular formula is C21H27IN4O3. The first-order valence-corrected chi connectivity index (χ1v) is 9.26. The van der Waals surface area contributed by atoms with E-state index in [2.05, 4.69) is 15.3 Å². The number of nitrogens with one attached hydrogen (secondary N) is 1. The van der Waals surface area contributed by atoms with Crippen LogP contribution in [0.15, 0.2) is 24.4 Å². The molecule has 7 nitrogen and oxygen atoms in total. The van der Waals surface area contributed by atoms with Crippen LogP contribution in [0.1, 0.15) is 34.4 Å². The van der Waals surface area contributed by atoms with Crippen LogP contribution in [0.3, 0.4) is 0 Å². The highest BCUT2D eigenvalue weighted by molar-refractivity contribution is 14.0. The second-order valence-electron chi connectivity index (χ2n) is 6.61. The Morgan fingerprint density at radius 3 is 2.72 bits per heavy atom. The lowest BCUT2D eigenvalue weighted by atomic mass is 10.1. The summed E-state index contributed by atoms with van der Waals surface area (Å²) in [5, 5.41) is 4.06. The predicted molar refractivity (Wildman–Crippen MR) is 125 cm³/mol. The maximum Gasteiger partial charge on any atom is 0.184 e. The SMILES string of the molecule is CCOCc1cnc(C)nc1NCC(=O)c1c(C)n(C)c2ccc(OC)cc12.I. The minimum absolute atomic E-state index is 0. The summed E-state index contributed by atoms with van der Waals surface area (Å²) >= 11 is 0. The summed E-state index contributed by atoms with van der Waals surface area (Å²) in [6.07, 6.45) is 1.73. The molecule has 2 aromatic heterocycles. The Morgan fingerprint density at radius 1 is 1.28 bits per heavy atom. The van der Waals surface area contributed by atoms with E-state index < -0.39 is 0 Å².